The van der Waals surface area contributed by atoms with E-state index in [0.29, 0.717) is 6.42 Å². The van der Waals surface area contributed by atoms with E-state index >= 15 is 0 Å². The van der Waals surface area contributed by atoms with Gasteiger partial charge in [0.05, 0.1) is 29.6 Å². The molecular weight excluding hydrogens is 344 g/mol. The van der Waals surface area contributed by atoms with E-state index in [2.05, 4.69) is 34.2 Å². The van der Waals surface area contributed by atoms with Crippen LogP contribution in [0.25, 0.3) is 0 Å². The van der Waals surface area contributed by atoms with Gasteiger partial charge in [-0.15, -0.1) is 11.3 Å². The van der Waals surface area contributed by atoms with Crippen LogP contribution in [-0.4, -0.2) is 5.78 Å². The summed E-state index contributed by atoms with van der Waals surface area (Å²) in [5.41, 5.74) is 2.97. The average Bonchev–Trinajstić information content (AvgIpc) is 3.33. The van der Waals surface area contributed by atoms with Crippen LogP contribution in [-0.2, 0) is 4.79 Å². The molecule has 3 heterocycles. The number of fused-ring (bicyclic) bond motifs is 2. The molecule has 1 aromatic carbocycles. The third-order valence-corrected chi connectivity index (χ3v) is 6.05. The van der Waals surface area contributed by atoms with Crippen LogP contribution < -0.4 is 10.6 Å². The highest BCUT2D eigenvalue weighted by atomic mass is 32.1. The van der Waals surface area contributed by atoms with Crippen LogP contribution in [0.5, 0.6) is 0 Å². The first-order valence-electron chi connectivity index (χ1n) is 8.73. The number of benzene rings is 1. The minimum Gasteiger partial charge on any atom is -0.469 e. The van der Waals surface area contributed by atoms with Crippen molar-refractivity contribution in [1.82, 2.24) is 0 Å². The molecule has 1 aliphatic carbocycles. The van der Waals surface area contributed by atoms with Crippen LogP contribution in [0.3, 0.4) is 0 Å². The molecule has 3 unspecified atom stereocenters. The van der Waals surface area contributed by atoms with Crippen molar-refractivity contribution in [3.05, 3.63) is 82.6 Å². The monoisotopic (exact) mass is 362 g/mol. The summed E-state index contributed by atoms with van der Waals surface area (Å²) >= 11 is 1.68. The molecule has 0 amide bonds. The standard InChI is InChI=1S/C21H18N2O2S/c24-17-12-13(18-7-3-9-25-18)11-16-20(17)21(19-8-4-10-26-19)23-15-6-2-1-5-14(15)22-16/h1-11,13,20-23H,12H2. The van der Waals surface area contributed by atoms with Gasteiger partial charge in [0.2, 0.25) is 0 Å². The molecule has 2 aliphatic rings. The number of thiophene rings is 1. The molecule has 0 radical (unpaired) electrons. The van der Waals surface area contributed by atoms with Crippen molar-refractivity contribution < 1.29 is 9.21 Å². The quantitative estimate of drug-likeness (QED) is 0.660. The van der Waals surface area contributed by atoms with E-state index in [1.165, 1.54) is 4.88 Å². The highest BCUT2D eigenvalue weighted by Gasteiger charge is 2.40. The Kier molecular flexibility index (Phi) is 3.68. The van der Waals surface area contributed by atoms with Crippen molar-refractivity contribution in [3.63, 3.8) is 0 Å². The lowest BCUT2D eigenvalue weighted by atomic mass is 9.79. The molecule has 0 saturated carbocycles. The summed E-state index contributed by atoms with van der Waals surface area (Å²) in [6.45, 7) is 0. The molecule has 5 rings (SSSR count). The van der Waals surface area contributed by atoms with Gasteiger partial charge in [0.1, 0.15) is 11.5 Å². The van der Waals surface area contributed by atoms with Crippen molar-refractivity contribution in [2.24, 2.45) is 5.92 Å². The SMILES string of the molecule is O=C1CC(c2ccco2)C=C2Nc3ccccc3NC(c3cccs3)C12. The number of allylic oxidation sites excluding steroid dienone is 1. The molecule has 0 spiro atoms. The second kappa shape index (κ2) is 6.18. The Labute approximate surface area is 155 Å². The number of carbonyl (C=O) groups is 1. The summed E-state index contributed by atoms with van der Waals surface area (Å²) in [5, 5.41) is 9.18. The minimum absolute atomic E-state index is 0.0227. The summed E-state index contributed by atoms with van der Waals surface area (Å²) in [6, 6.07) is 16.0. The van der Waals surface area contributed by atoms with Crippen molar-refractivity contribution >= 4 is 28.5 Å². The van der Waals surface area contributed by atoms with Gasteiger partial charge >= 0.3 is 0 Å². The summed E-state index contributed by atoms with van der Waals surface area (Å²) in [4.78, 5) is 14.4. The van der Waals surface area contributed by atoms with Gasteiger partial charge in [-0.05, 0) is 35.7 Å². The zero-order valence-electron chi connectivity index (χ0n) is 14.0. The van der Waals surface area contributed by atoms with Gasteiger partial charge in [-0.3, -0.25) is 4.79 Å². The number of ketones is 1. The smallest absolute Gasteiger partial charge is 0.145 e. The summed E-state index contributed by atoms with van der Waals surface area (Å²) < 4.78 is 5.56. The number of Topliss-reactive ketones (excluding diaryl/α,β-unsaturated/α-hetero) is 1. The molecule has 1 aliphatic heterocycles. The number of hydrogen-bond acceptors (Lipinski definition) is 5. The molecule has 0 fully saturated rings. The van der Waals surface area contributed by atoms with E-state index in [4.69, 9.17) is 4.42 Å². The molecule has 2 N–H and O–H groups in total. The zero-order valence-corrected chi connectivity index (χ0v) is 14.8. The maximum absolute atomic E-state index is 13.2. The normalized spacial score (nSPS) is 24.5. The van der Waals surface area contributed by atoms with Crippen LogP contribution in [0, 0.1) is 5.92 Å². The van der Waals surface area contributed by atoms with Crippen LogP contribution in [0.1, 0.15) is 29.0 Å². The molecular formula is C21H18N2O2S. The second-order valence-electron chi connectivity index (χ2n) is 6.70. The van der Waals surface area contributed by atoms with E-state index in [-0.39, 0.29) is 23.7 Å². The first-order valence-corrected chi connectivity index (χ1v) is 9.61. The van der Waals surface area contributed by atoms with Gasteiger partial charge in [0, 0.05) is 22.9 Å². The summed E-state index contributed by atoms with van der Waals surface area (Å²) in [6.07, 6.45) is 4.29. The highest BCUT2D eigenvalue weighted by molar-refractivity contribution is 7.10. The predicted molar refractivity (Wildman–Crippen MR) is 103 cm³/mol. The third kappa shape index (κ3) is 2.56. The van der Waals surface area contributed by atoms with E-state index < -0.39 is 0 Å². The Balaban J connectivity index is 1.63. The van der Waals surface area contributed by atoms with E-state index in [0.717, 1.165) is 22.8 Å². The van der Waals surface area contributed by atoms with Crippen molar-refractivity contribution in [2.75, 3.05) is 10.6 Å². The molecule has 2 aromatic heterocycles. The number of furan rings is 1. The summed E-state index contributed by atoms with van der Waals surface area (Å²) in [5.74, 6) is 0.817. The van der Waals surface area contributed by atoms with Crippen LogP contribution in [0.2, 0.25) is 0 Å². The van der Waals surface area contributed by atoms with Gasteiger partial charge in [-0.1, -0.05) is 24.3 Å². The largest absolute Gasteiger partial charge is 0.469 e. The Hall–Kier alpha value is -2.79. The molecule has 0 saturated heterocycles. The van der Waals surface area contributed by atoms with Crippen molar-refractivity contribution in [1.29, 1.82) is 0 Å². The van der Waals surface area contributed by atoms with Gasteiger partial charge < -0.3 is 15.1 Å². The highest BCUT2D eigenvalue weighted by Crippen LogP contribution is 2.45. The molecule has 26 heavy (non-hydrogen) atoms. The Morgan fingerprint density at radius 2 is 1.92 bits per heavy atom. The number of rotatable bonds is 2. The lowest BCUT2D eigenvalue weighted by Crippen LogP contribution is -2.33. The Bertz CT molecular complexity index is 960. The molecule has 130 valence electrons. The fourth-order valence-corrected chi connectivity index (χ4v) is 4.71. The summed E-state index contributed by atoms with van der Waals surface area (Å²) in [7, 11) is 0. The van der Waals surface area contributed by atoms with Crippen LogP contribution in [0.4, 0.5) is 11.4 Å². The van der Waals surface area contributed by atoms with Crippen molar-refractivity contribution in [3.8, 4) is 0 Å². The number of anilines is 2. The van der Waals surface area contributed by atoms with E-state index in [1.54, 1.807) is 17.6 Å². The molecule has 3 atom stereocenters. The first-order chi connectivity index (χ1) is 12.8. The van der Waals surface area contributed by atoms with Crippen LogP contribution in [0.15, 0.2) is 76.4 Å². The molecule has 0 bridgehead atoms. The fourth-order valence-electron chi connectivity index (χ4n) is 3.89. The van der Waals surface area contributed by atoms with Gasteiger partial charge in [-0.2, -0.15) is 0 Å². The maximum Gasteiger partial charge on any atom is 0.145 e. The topological polar surface area (TPSA) is 54.3 Å². The first kappa shape index (κ1) is 15.5. The zero-order chi connectivity index (χ0) is 17.5. The lowest BCUT2D eigenvalue weighted by Gasteiger charge is -2.31. The molecule has 5 heteroatoms. The third-order valence-electron chi connectivity index (χ3n) is 5.09. The molecule has 4 nitrogen and oxygen atoms in total. The van der Waals surface area contributed by atoms with Crippen molar-refractivity contribution in [2.45, 2.75) is 18.4 Å². The minimum atomic E-state index is -0.229. The number of hydrogen-bond donors (Lipinski definition) is 2. The Morgan fingerprint density at radius 1 is 1.04 bits per heavy atom. The second-order valence-corrected chi connectivity index (χ2v) is 7.68. The van der Waals surface area contributed by atoms with Gasteiger partial charge in [0.15, 0.2) is 0 Å². The van der Waals surface area contributed by atoms with E-state index in [1.807, 2.05) is 36.4 Å². The average molecular weight is 362 g/mol. The number of nitrogens with one attached hydrogen (secondary N) is 2. The fraction of sp³-hybridized carbons (Fsp3) is 0.190. The maximum atomic E-state index is 13.2. The van der Waals surface area contributed by atoms with Crippen LogP contribution >= 0.6 is 11.3 Å². The van der Waals surface area contributed by atoms with Gasteiger partial charge in [0.25, 0.3) is 0 Å². The Morgan fingerprint density at radius 3 is 2.69 bits per heavy atom. The van der Waals surface area contributed by atoms with Gasteiger partial charge in [-0.25, -0.2) is 0 Å². The van der Waals surface area contributed by atoms with E-state index in [9.17, 15) is 4.79 Å². The molecule has 3 aromatic rings. The lowest BCUT2D eigenvalue weighted by molar-refractivity contribution is -0.122. The number of para-hydroxylation sites is 2. The predicted octanol–water partition coefficient (Wildman–Crippen LogP) is 5.18. The number of carbonyl (C=O) groups excluding carboxylic acids is 1.